The molecule has 2 aromatic heterocycles. The van der Waals surface area contributed by atoms with Crippen LogP contribution < -0.4 is 5.32 Å². The number of amides is 1. The number of aliphatic hydroxyl groups is 1. The van der Waals surface area contributed by atoms with Gasteiger partial charge in [-0.2, -0.15) is 13.2 Å². The van der Waals surface area contributed by atoms with Crippen molar-refractivity contribution in [2.45, 2.75) is 57.2 Å². The highest BCUT2D eigenvalue weighted by molar-refractivity contribution is 7.15. The van der Waals surface area contributed by atoms with E-state index in [9.17, 15) is 23.1 Å². The molecule has 0 atom stereocenters. The summed E-state index contributed by atoms with van der Waals surface area (Å²) in [5.74, 6) is 0.0242. The molecular weight excluding hydrogens is 503 g/mol. The molecule has 1 saturated carbocycles. The lowest BCUT2D eigenvalue weighted by Gasteiger charge is -2.35. The third-order valence-corrected chi connectivity index (χ3v) is 8.29. The molecule has 1 aliphatic heterocycles. The zero-order chi connectivity index (χ0) is 26.2. The number of likely N-dealkylation sites (tertiary alicyclic amines) is 1. The number of thiazole rings is 1. The third kappa shape index (κ3) is 5.62. The van der Waals surface area contributed by atoms with E-state index in [1.165, 1.54) is 11.3 Å². The van der Waals surface area contributed by atoms with Gasteiger partial charge in [-0.1, -0.05) is 6.07 Å². The van der Waals surface area contributed by atoms with E-state index >= 15 is 0 Å². The second kappa shape index (κ2) is 10.0. The van der Waals surface area contributed by atoms with E-state index < -0.39 is 17.5 Å². The van der Waals surface area contributed by atoms with Gasteiger partial charge in [0.25, 0.3) is 0 Å². The van der Waals surface area contributed by atoms with Crippen LogP contribution in [0.4, 0.5) is 24.8 Å². The van der Waals surface area contributed by atoms with Crippen LogP contribution in [0.1, 0.15) is 54.8 Å². The van der Waals surface area contributed by atoms with Gasteiger partial charge in [-0.15, -0.1) is 11.3 Å². The maximum atomic E-state index is 13.0. The monoisotopic (exact) mass is 531 g/mol. The summed E-state index contributed by atoms with van der Waals surface area (Å²) in [6.45, 7) is 3.56. The number of hydrogen-bond acceptors (Lipinski definition) is 7. The van der Waals surface area contributed by atoms with Crippen molar-refractivity contribution in [1.29, 1.82) is 0 Å². The minimum Gasteiger partial charge on any atom is -0.383 e. The van der Waals surface area contributed by atoms with Crippen LogP contribution in [0.25, 0.3) is 10.4 Å². The number of carbonyl (C=O) groups excluding carboxylic acids is 1. The van der Waals surface area contributed by atoms with E-state index in [0.717, 1.165) is 54.2 Å². The third-order valence-electron chi connectivity index (χ3n) is 7.05. The Balaban J connectivity index is 1.30. The average Bonchev–Trinajstić information content (AvgIpc) is 3.57. The van der Waals surface area contributed by atoms with E-state index in [1.807, 2.05) is 17.9 Å². The standard InChI is InChI=1S/C26H28F3N5O2S/c1-16-12-18(14-19(13-16)32-24-30-9-6-21(33-24)26(27,28)29)20-15-31-23(37-20)25(36)7-4-17(5-8-25)22(35)34-10-2-3-11-34/h6,9,12-15,17,36H,2-5,7-8,10-11H2,1H3,(H,30,32,33)/t17-,25-. The molecule has 1 aliphatic carbocycles. The first-order chi connectivity index (χ1) is 17.6. The highest BCUT2D eigenvalue weighted by Crippen LogP contribution is 2.43. The molecule has 37 heavy (non-hydrogen) atoms. The molecule has 2 fully saturated rings. The Morgan fingerprint density at radius 2 is 1.89 bits per heavy atom. The number of rotatable bonds is 5. The summed E-state index contributed by atoms with van der Waals surface area (Å²) in [6.07, 6.45) is 2.58. The van der Waals surface area contributed by atoms with Gasteiger partial charge in [0.2, 0.25) is 11.9 Å². The minimum atomic E-state index is -4.56. The van der Waals surface area contributed by atoms with Gasteiger partial charge >= 0.3 is 6.18 Å². The molecule has 196 valence electrons. The highest BCUT2D eigenvalue weighted by atomic mass is 32.1. The number of hydrogen-bond donors (Lipinski definition) is 2. The van der Waals surface area contributed by atoms with Gasteiger partial charge in [-0.25, -0.2) is 15.0 Å². The van der Waals surface area contributed by atoms with Crippen LogP contribution in [0.15, 0.2) is 36.7 Å². The summed E-state index contributed by atoms with van der Waals surface area (Å²) in [4.78, 5) is 27.5. The van der Waals surface area contributed by atoms with Gasteiger partial charge in [-0.05, 0) is 74.8 Å². The first-order valence-corrected chi connectivity index (χ1v) is 13.2. The van der Waals surface area contributed by atoms with Crippen molar-refractivity contribution in [1.82, 2.24) is 19.9 Å². The molecule has 3 aromatic rings. The maximum Gasteiger partial charge on any atom is 0.433 e. The number of benzene rings is 1. The van der Waals surface area contributed by atoms with Crippen LogP contribution in [0.5, 0.6) is 0 Å². The Morgan fingerprint density at radius 1 is 1.16 bits per heavy atom. The number of halogens is 3. The van der Waals surface area contributed by atoms with Crippen molar-refractivity contribution in [3.05, 3.63) is 52.9 Å². The fourth-order valence-corrected chi connectivity index (χ4v) is 6.13. The average molecular weight is 532 g/mol. The van der Waals surface area contributed by atoms with Gasteiger partial charge in [0.05, 0.1) is 4.88 Å². The van der Waals surface area contributed by atoms with Crippen molar-refractivity contribution >= 4 is 28.9 Å². The second-order valence-corrected chi connectivity index (χ2v) is 10.9. The maximum absolute atomic E-state index is 13.0. The summed E-state index contributed by atoms with van der Waals surface area (Å²) in [5.41, 5.74) is 0.168. The van der Waals surface area contributed by atoms with E-state index in [-0.39, 0.29) is 17.8 Å². The molecule has 2 aliphatic rings. The quantitative estimate of drug-likeness (QED) is 0.441. The number of anilines is 2. The number of nitrogens with zero attached hydrogens (tertiary/aromatic N) is 4. The zero-order valence-electron chi connectivity index (χ0n) is 20.4. The molecule has 7 nitrogen and oxygen atoms in total. The van der Waals surface area contributed by atoms with Crippen molar-refractivity contribution in [3.63, 3.8) is 0 Å². The SMILES string of the molecule is Cc1cc(Nc2nccc(C(F)(F)F)n2)cc(-c2cnc([C@]3(O)CC[C@H](C(=O)N4CCCC4)CC3)s2)c1. The summed E-state index contributed by atoms with van der Waals surface area (Å²) < 4.78 is 39.0. The Morgan fingerprint density at radius 3 is 2.59 bits per heavy atom. The molecule has 3 heterocycles. The fourth-order valence-electron chi connectivity index (χ4n) is 5.08. The van der Waals surface area contributed by atoms with Crippen molar-refractivity contribution in [3.8, 4) is 10.4 Å². The van der Waals surface area contributed by atoms with Crippen LogP contribution in [0.3, 0.4) is 0 Å². The molecule has 1 saturated heterocycles. The van der Waals surface area contributed by atoms with Crippen LogP contribution in [0.2, 0.25) is 0 Å². The van der Waals surface area contributed by atoms with Crippen LogP contribution in [0, 0.1) is 12.8 Å². The van der Waals surface area contributed by atoms with Crippen molar-refractivity contribution in [2.75, 3.05) is 18.4 Å². The van der Waals surface area contributed by atoms with Crippen molar-refractivity contribution < 1.29 is 23.1 Å². The molecule has 0 spiro atoms. The van der Waals surface area contributed by atoms with E-state index in [0.29, 0.717) is 36.4 Å². The molecule has 0 bridgehead atoms. The molecule has 0 unspecified atom stereocenters. The summed E-state index contributed by atoms with van der Waals surface area (Å²) in [7, 11) is 0. The van der Waals surface area contributed by atoms with E-state index in [4.69, 9.17) is 0 Å². The highest BCUT2D eigenvalue weighted by Gasteiger charge is 2.40. The molecule has 1 aromatic carbocycles. The van der Waals surface area contributed by atoms with Gasteiger partial charge in [0.1, 0.15) is 16.3 Å². The lowest BCUT2D eigenvalue weighted by atomic mass is 9.78. The number of nitrogens with one attached hydrogen (secondary N) is 1. The first-order valence-electron chi connectivity index (χ1n) is 12.4. The predicted molar refractivity (Wildman–Crippen MR) is 134 cm³/mol. The minimum absolute atomic E-state index is 0.0405. The van der Waals surface area contributed by atoms with Gasteiger partial charge in [-0.3, -0.25) is 4.79 Å². The van der Waals surface area contributed by atoms with Gasteiger partial charge in [0.15, 0.2) is 0 Å². The number of aromatic nitrogens is 3. The van der Waals surface area contributed by atoms with Crippen LogP contribution in [-0.4, -0.2) is 44.0 Å². The predicted octanol–water partition coefficient (Wildman–Crippen LogP) is 5.67. The van der Waals surface area contributed by atoms with Crippen LogP contribution >= 0.6 is 11.3 Å². The van der Waals surface area contributed by atoms with Crippen LogP contribution in [-0.2, 0) is 16.6 Å². The molecule has 2 N–H and O–H groups in total. The van der Waals surface area contributed by atoms with Crippen molar-refractivity contribution in [2.24, 2.45) is 5.92 Å². The number of aryl methyl sites for hydroxylation is 1. The fraction of sp³-hybridized carbons (Fsp3) is 0.462. The Kier molecular flexibility index (Phi) is 6.93. The van der Waals surface area contributed by atoms with E-state index in [2.05, 4.69) is 20.3 Å². The number of alkyl halides is 3. The lowest BCUT2D eigenvalue weighted by Crippen LogP contribution is -2.39. The Bertz CT molecular complexity index is 1280. The second-order valence-electron chi connectivity index (χ2n) is 9.84. The van der Waals surface area contributed by atoms with E-state index in [1.54, 1.807) is 18.3 Å². The molecule has 0 radical (unpaired) electrons. The molecule has 5 rings (SSSR count). The van der Waals surface area contributed by atoms with Gasteiger partial charge in [0, 0.05) is 37.1 Å². The first kappa shape index (κ1) is 25.6. The molecular formula is C26H28F3N5O2S. The Hall–Kier alpha value is -3.05. The molecule has 1 amide bonds. The summed E-state index contributed by atoms with van der Waals surface area (Å²) >= 11 is 1.39. The molecule has 11 heteroatoms. The lowest BCUT2D eigenvalue weighted by molar-refractivity contribution is -0.141. The topological polar surface area (TPSA) is 91.2 Å². The zero-order valence-corrected chi connectivity index (χ0v) is 21.2. The Labute approximate surface area is 216 Å². The van der Waals surface area contributed by atoms with Gasteiger partial charge < -0.3 is 15.3 Å². The summed E-state index contributed by atoms with van der Waals surface area (Å²) in [5, 5.41) is 14.8. The smallest absolute Gasteiger partial charge is 0.383 e. The number of carbonyl (C=O) groups is 1. The normalized spacial score (nSPS) is 22.3. The summed E-state index contributed by atoms with van der Waals surface area (Å²) in [6, 6.07) is 6.36. The largest absolute Gasteiger partial charge is 0.433 e.